The summed E-state index contributed by atoms with van der Waals surface area (Å²) in [5.41, 5.74) is 0. The standard InChI is InChI=1S/C10H15ClO5/c1-7(6-16-10(15)5-11)4-8(12)2-3-9(13)14/h7H,2-6H2,1H3,(H,13,14). The second-order valence-electron chi connectivity index (χ2n) is 3.56. The molecular formula is C10H15ClO5. The van der Waals surface area contributed by atoms with Gasteiger partial charge in [-0.1, -0.05) is 6.92 Å². The van der Waals surface area contributed by atoms with Gasteiger partial charge in [0.25, 0.3) is 0 Å². The highest BCUT2D eigenvalue weighted by Crippen LogP contribution is 2.07. The maximum atomic E-state index is 11.2. The van der Waals surface area contributed by atoms with Crippen molar-refractivity contribution in [1.29, 1.82) is 0 Å². The summed E-state index contributed by atoms with van der Waals surface area (Å²) in [6.07, 6.45) is 0.0684. The number of ether oxygens (including phenoxy) is 1. The number of ketones is 1. The van der Waals surface area contributed by atoms with Crippen LogP contribution >= 0.6 is 11.6 Å². The number of aliphatic carboxylic acids is 1. The highest BCUT2D eigenvalue weighted by atomic mass is 35.5. The molecule has 0 rings (SSSR count). The van der Waals surface area contributed by atoms with E-state index in [1.54, 1.807) is 6.92 Å². The maximum absolute atomic E-state index is 11.2. The summed E-state index contributed by atoms with van der Waals surface area (Å²) in [5.74, 6) is -1.98. The van der Waals surface area contributed by atoms with Crippen LogP contribution in [0.15, 0.2) is 0 Å². The molecule has 0 spiro atoms. The molecule has 92 valence electrons. The third-order valence-corrected chi connectivity index (χ3v) is 2.05. The van der Waals surface area contributed by atoms with Crippen molar-refractivity contribution in [3.05, 3.63) is 0 Å². The van der Waals surface area contributed by atoms with E-state index in [0.29, 0.717) is 0 Å². The van der Waals surface area contributed by atoms with Crippen molar-refractivity contribution in [3.63, 3.8) is 0 Å². The lowest BCUT2D eigenvalue weighted by Gasteiger charge is -2.10. The Morgan fingerprint density at radius 3 is 2.44 bits per heavy atom. The molecule has 1 atom stereocenters. The average Bonchev–Trinajstić information content (AvgIpc) is 2.23. The summed E-state index contributed by atoms with van der Waals surface area (Å²) in [6, 6.07) is 0. The molecule has 1 unspecified atom stereocenters. The van der Waals surface area contributed by atoms with Crippen LogP contribution in [0.2, 0.25) is 0 Å². The lowest BCUT2D eigenvalue weighted by molar-refractivity contribution is -0.142. The number of carboxylic acids is 1. The van der Waals surface area contributed by atoms with Gasteiger partial charge in [0.2, 0.25) is 0 Å². The molecule has 0 aliphatic rings. The second-order valence-corrected chi connectivity index (χ2v) is 3.83. The molecule has 0 aromatic carbocycles. The lowest BCUT2D eigenvalue weighted by Crippen LogP contribution is -2.16. The largest absolute Gasteiger partial charge is 0.481 e. The topological polar surface area (TPSA) is 80.7 Å². The van der Waals surface area contributed by atoms with Gasteiger partial charge in [0.05, 0.1) is 13.0 Å². The van der Waals surface area contributed by atoms with Crippen LogP contribution in [0.3, 0.4) is 0 Å². The fourth-order valence-corrected chi connectivity index (χ4v) is 1.15. The Labute approximate surface area is 98.7 Å². The molecule has 0 aliphatic heterocycles. The number of halogens is 1. The summed E-state index contributed by atoms with van der Waals surface area (Å²) in [6.45, 7) is 1.88. The average molecular weight is 251 g/mol. The van der Waals surface area contributed by atoms with Gasteiger partial charge in [-0.05, 0) is 5.92 Å². The zero-order valence-corrected chi connectivity index (χ0v) is 9.83. The van der Waals surface area contributed by atoms with Gasteiger partial charge in [0, 0.05) is 12.8 Å². The summed E-state index contributed by atoms with van der Waals surface area (Å²) in [4.78, 5) is 32.1. The zero-order valence-electron chi connectivity index (χ0n) is 9.07. The van der Waals surface area contributed by atoms with Crippen molar-refractivity contribution in [1.82, 2.24) is 0 Å². The predicted octanol–water partition coefficient (Wildman–Crippen LogP) is 1.23. The summed E-state index contributed by atoms with van der Waals surface area (Å²) >= 11 is 5.22. The maximum Gasteiger partial charge on any atom is 0.320 e. The van der Waals surface area contributed by atoms with Gasteiger partial charge >= 0.3 is 11.9 Å². The van der Waals surface area contributed by atoms with Crippen LogP contribution in [-0.4, -0.2) is 35.3 Å². The number of hydrogen-bond acceptors (Lipinski definition) is 4. The summed E-state index contributed by atoms with van der Waals surface area (Å²) in [5, 5.41) is 8.37. The number of carbonyl (C=O) groups excluding carboxylic acids is 2. The van der Waals surface area contributed by atoms with Crippen molar-refractivity contribution in [2.75, 3.05) is 12.5 Å². The third kappa shape index (κ3) is 8.23. The molecule has 1 N–H and O–H groups in total. The number of rotatable bonds is 8. The van der Waals surface area contributed by atoms with Crippen LogP contribution in [0.5, 0.6) is 0 Å². The quantitative estimate of drug-likeness (QED) is 0.518. The predicted molar refractivity (Wildman–Crippen MR) is 57.3 cm³/mol. The minimum absolute atomic E-state index is 0.0170. The molecule has 6 heteroatoms. The fraction of sp³-hybridized carbons (Fsp3) is 0.700. The monoisotopic (exact) mass is 250 g/mol. The molecule has 0 bridgehead atoms. The molecule has 0 saturated carbocycles. The molecular weight excluding hydrogens is 236 g/mol. The Balaban J connectivity index is 3.69. The van der Waals surface area contributed by atoms with E-state index < -0.39 is 11.9 Å². The molecule has 16 heavy (non-hydrogen) atoms. The molecule has 0 aromatic rings. The van der Waals surface area contributed by atoms with Crippen molar-refractivity contribution >= 4 is 29.3 Å². The van der Waals surface area contributed by atoms with Gasteiger partial charge in [-0.3, -0.25) is 14.4 Å². The SMILES string of the molecule is CC(COC(=O)CCl)CC(=O)CCC(=O)O. The van der Waals surface area contributed by atoms with Crippen LogP contribution in [0.1, 0.15) is 26.2 Å². The van der Waals surface area contributed by atoms with Crippen LogP contribution in [0.25, 0.3) is 0 Å². The molecule has 0 heterocycles. The molecule has 0 radical (unpaired) electrons. The van der Waals surface area contributed by atoms with Crippen molar-refractivity contribution in [3.8, 4) is 0 Å². The van der Waals surface area contributed by atoms with E-state index in [4.69, 9.17) is 21.4 Å². The number of carboxylic acid groups (broad SMARTS) is 1. The molecule has 5 nitrogen and oxygen atoms in total. The van der Waals surface area contributed by atoms with Crippen LogP contribution in [-0.2, 0) is 19.1 Å². The van der Waals surface area contributed by atoms with Gasteiger partial charge in [0.15, 0.2) is 0 Å². The highest BCUT2D eigenvalue weighted by molar-refractivity contribution is 6.26. The van der Waals surface area contributed by atoms with E-state index in [0.717, 1.165) is 0 Å². The molecule has 0 fully saturated rings. The molecule has 0 aromatic heterocycles. The third-order valence-electron chi connectivity index (χ3n) is 1.83. The van der Waals surface area contributed by atoms with Gasteiger partial charge < -0.3 is 9.84 Å². The zero-order chi connectivity index (χ0) is 12.6. The first kappa shape index (κ1) is 14.9. The first-order valence-corrected chi connectivity index (χ1v) is 5.44. The Morgan fingerprint density at radius 1 is 1.31 bits per heavy atom. The Morgan fingerprint density at radius 2 is 1.94 bits per heavy atom. The minimum atomic E-state index is -0.991. The van der Waals surface area contributed by atoms with E-state index >= 15 is 0 Å². The van der Waals surface area contributed by atoms with Crippen molar-refractivity contribution in [2.45, 2.75) is 26.2 Å². The van der Waals surface area contributed by atoms with Gasteiger partial charge in [-0.15, -0.1) is 11.6 Å². The highest BCUT2D eigenvalue weighted by Gasteiger charge is 2.12. The first-order valence-electron chi connectivity index (χ1n) is 4.90. The minimum Gasteiger partial charge on any atom is -0.481 e. The number of carbonyl (C=O) groups is 3. The van der Waals surface area contributed by atoms with E-state index in [1.807, 2.05) is 0 Å². The van der Waals surface area contributed by atoms with E-state index in [-0.39, 0.29) is 43.5 Å². The second kappa shape index (κ2) is 8.10. The van der Waals surface area contributed by atoms with E-state index in [9.17, 15) is 14.4 Å². The smallest absolute Gasteiger partial charge is 0.320 e. The van der Waals surface area contributed by atoms with Crippen molar-refractivity contribution in [2.24, 2.45) is 5.92 Å². The fourth-order valence-electron chi connectivity index (χ4n) is 1.07. The number of Topliss-reactive ketones (excluding diaryl/α,β-unsaturated/α-hetero) is 1. The van der Waals surface area contributed by atoms with Gasteiger partial charge in [-0.2, -0.15) is 0 Å². The molecule has 0 amide bonds. The van der Waals surface area contributed by atoms with Crippen LogP contribution in [0, 0.1) is 5.92 Å². The van der Waals surface area contributed by atoms with Gasteiger partial charge in [0.1, 0.15) is 11.7 Å². The number of alkyl halides is 1. The normalized spacial score (nSPS) is 11.9. The lowest BCUT2D eigenvalue weighted by atomic mass is 10.0. The van der Waals surface area contributed by atoms with Crippen LogP contribution in [0.4, 0.5) is 0 Å². The van der Waals surface area contributed by atoms with E-state index in [2.05, 4.69) is 0 Å². The Kier molecular flexibility index (Phi) is 7.54. The van der Waals surface area contributed by atoms with Crippen LogP contribution < -0.4 is 0 Å². The number of hydrogen-bond donors (Lipinski definition) is 1. The molecule has 0 saturated heterocycles. The van der Waals surface area contributed by atoms with Gasteiger partial charge in [-0.25, -0.2) is 0 Å². The summed E-state index contributed by atoms with van der Waals surface area (Å²) in [7, 11) is 0. The summed E-state index contributed by atoms with van der Waals surface area (Å²) < 4.78 is 4.74. The Bertz CT molecular complexity index is 264. The van der Waals surface area contributed by atoms with E-state index in [1.165, 1.54) is 0 Å². The first-order chi connectivity index (χ1) is 7.45. The van der Waals surface area contributed by atoms with Crippen molar-refractivity contribution < 1.29 is 24.2 Å². The molecule has 0 aliphatic carbocycles. The Hall–Kier alpha value is -1.10. The number of esters is 1.